The van der Waals surface area contributed by atoms with Gasteiger partial charge in [0.1, 0.15) is 0 Å². The van der Waals surface area contributed by atoms with E-state index in [0.717, 1.165) is 19.4 Å². The fourth-order valence-electron chi connectivity index (χ4n) is 2.61. The number of nitrogens with two attached hydrogens (primary N) is 1. The number of halogens is 1. The van der Waals surface area contributed by atoms with Crippen LogP contribution in [0.3, 0.4) is 0 Å². The molecule has 1 aliphatic rings. The van der Waals surface area contributed by atoms with Gasteiger partial charge in [0.25, 0.3) is 5.69 Å². The van der Waals surface area contributed by atoms with Crippen LogP contribution in [0.25, 0.3) is 0 Å². The summed E-state index contributed by atoms with van der Waals surface area (Å²) < 4.78 is 0. The maximum atomic E-state index is 11.0. The lowest BCUT2D eigenvalue weighted by Gasteiger charge is -2.34. The minimum absolute atomic E-state index is 0.130. The van der Waals surface area contributed by atoms with Crippen molar-refractivity contribution in [2.75, 3.05) is 13.1 Å². The van der Waals surface area contributed by atoms with Crippen LogP contribution < -0.4 is 5.73 Å². The average Bonchev–Trinajstić information content (AvgIpc) is 2.39. The lowest BCUT2D eigenvalue weighted by molar-refractivity contribution is -0.385. The number of nitrogens with zero attached hydrogens (tertiary/aromatic N) is 2. The third-order valence-electron chi connectivity index (χ3n) is 3.63. The van der Waals surface area contributed by atoms with E-state index in [0.29, 0.717) is 29.7 Å². The van der Waals surface area contributed by atoms with Crippen LogP contribution in [0.15, 0.2) is 18.2 Å². The highest BCUT2D eigenvalue weighted by atomic mass is 35.5. The van der Waals surface area contributed by atoms with E-state index in [1.165, 1.54) is 12.5 Å². The van der Waals surface area contributed by atoms with Gasteiger partial charge >= 0.3 is 0 Å². The second kappa shape index (κ2) is 6.32. The number of likely N-dealkylation sites (tertiary alicyclic amines) is 1. The van der Waals surface area contributed by atoms with E-state index in [1.54, 1.807) is 12.1 Å². The highest BCUT2D eigenvalue weighted by Gasteiger charge is 2.24. The molecule has 0 bridgehead atoms. The van der Waals surface area contributed by atoms with Crippen LogP contribution in [0.2, 0.25) is 5.02 Å². The Bertz CT molecular complexity index is 467. The molecule has 1 saturated heterocycles. The predicted octanol–water partition coefficient (Wildman–Crippen LogP) is 2.56. The summed E-state index contributed by atoms with van der Waals surface area (Å²) in [7, 11) is 0. The van der Waals surface area contributed by atoms with Crippen LogP contribution in [-0.4, -0.2) is 29.0 Å². The molecule has 6 heteroatoms. The van der Waals surface area contributed by atoms with E-state index < -0.39 is 0 Å². The summed E-state index contributed by atoms with van der Waals surface area (Å²) in [6.07, 6.45) is 3.35. The molecule has 1 aliphatic heterocycles. The molecule has 104 valence electrons. The average molecular weight is 284 g/mol. The molecule has 0 amide bonds. The zero-order chi connectivity index (χ0) is 13.8. The Balaban J connectivity index is 2.21. The van der Waals surface area contributed by atoms with Crippen LogP contribution >= 0.6 is 11.6 Å². The molecule has 1 aromatic carbocycles. The maximum absolute atomic E-state index is 11.0. The second-order valence-electron chi connectivity index (χ2n) is 4.89. The van der Waals surface area contributed by atoms with Gasteiger partial charge in [-0.3, -0.25) is 15.0 Å². The molecule has 0 aliphatic carbocycles. The van der Waals surface area contributed by atoms with Gasteiger partial charge in [0.05, 0.1) is 4.92 Å². The molecule has 0 saturated carbocycles. The molecular formula is C13H18ClN3O2. The van der Waals surface area contributed by atoms with E-state index in [4.69, 9.17) is 17.3 Å². The third-order valence-corrected chi connectivity index (χ3v) is 3.87. The summed E-state index contributed by atoms with van der Waals surface area (Å²) in [6, 6.07) is 5.02. The number of piperidine rings is 1. The molecule has 19 heavy (non-hydrogen) atoms. The van der Waals surface area contributed by atoms with Gasteiger partial charge in [-0.1, -0.05) is 18.0 Å². The lowest BCUT2D eigenvalue weighted by atomic mass is 10.0. The Labute approximate surface area is 117 Å². The van der Waals surface area contributed by atoms with Crippen molar-refractivity contribution in [1.82, 2.24) is 4.90 Å². The minimum atomic E-state index is -0.354. The number of benzene rings is 1. The highest BCUT2D eigenvalue weighted by Crippen LogP contribution is 2.26. The zero-order valence-corrected chi connectivity index (χ0v) is 11.5. The van der Waals surface area contributed by atoms with Crippen molar-refractivity contribution < 1.29 is 4.92 Å². The summed E-state index contributed by atoms with van der Waals surface area (Å²) in [5.41, 5.74) is 6.57. The second-order valence-corrected chi connectivity index (χ2v) is 5.32. The van der Waals surface area contributed by atoms with E-state index >= 15 is 0 Å². The van der Waals surface area contributed by atoms with Gasteiger partial charge in [-0.25, -0.2) is 0 Å². The van der Waals surface area contributed by atoms with Crippen LogP contribution in [0.4, 0.5) is 5.69 Å². The Hall–Kier alpha value is -1.17. The maximum Gasteiger partial charge on any atom is 0.273 e. The van der Waals surface area contributed by atoms with Gasteiger partial charge in [-0.15, -0.1) is 0 Å². The van der Waals surface area contributed by atoms with E-state index in [9.17, 15) is 10.1 Å². The zero-order valence-electron chi connectivity index (χ0n) is 10.7. The molecule has 5 nitrogen and oxygen atoms in total. The number of hydrogen-bond acceptors (Lipinski definition) is 4. The molecule has 1 heterocycles. The van der Waals surface area contributed by atoms with Crippen LogP contribution in [0.5, 0.6) is 0 Å². The fourth-order valence-corrected chi connectivity index (χ4v) is 2.81. The van der Waals surface area contributed by atoms with Crippen molar-refractivity contribution in [1.29, 1.82) is 0 Å². The Kier molecular flexibility index (Phi) is 4.74. The number of hydrogen-bond donors (Lipinski definition) is 1. The highest BCUT2D eigenvalue weighted by molar-refractivity contribution is 6.30. The van der Waals surface area contributed by atoms with Crippen molar-refractivity contribution in [3.05, 3.63) is 38.9 Å². The molecular weight excluding hydrogens is 266 g/mol. The molecule has 0 radical (unpaired) electrons. The largest absolute Gasteiger partial charge is 0.329 e. The molecule has 1 aromatic rings. The van der Waals surface area contributed by atoms with Gasteiger partial charge in [0, 0.05) is 35.8 Å². The number of nitro benzene ring substituents is 1. The van der Waals surface area contributed by atoms with Gasteiger partial charge in [0.15, 0.2) is 0 Å². The molecule has 1 unspecified atom stereocenters. The van der Waals surface area contributed by atoms with E-state index in [2.05, 4.69) is 4.90 Å². The first-order valence-corrected chi connectivity index (χ1v) is 6.86. The molecule has 0 aromatic heterocycles. The summed E-state index contributed by atoms with van der Waals surface area (Å²) in [5.74, 6) is 0. The fraction of sp³-hybridized carbons (Fsp3) is 0.538. The smallest absolute Gasteiger partial charge is 0.273 e. The minimum Gasteiger partial charge on any atom is -0.329 e. The van der Waals surface area contributed by atoms with Crippen molar-refractivity contribution in [3.8, 4) is 0 Å². The van der Waals surface area contributed by atoms with Crippen molar-refractivity contribution >= 4 is 17.3 Å². The summed E-state index contributed by atoms with van der Waals surface area (Å²) in [5, 5.41) is 11.6. The summed E-state index contributed by atoms with van der Waals surface area (Å²) in [4.78, 5) is 12.9. The Morgan fingerprint density at radius 3 is 2.95 bits per heavy atom. The van der Waals surface area contributed by atoms with E-state index in [-0.39, 0.29) is 10.6 Å². The monoisotopic (exact) mass is 283 g/mol. The SMILES string of the molecule is NCC1CCCCN1Cc1cc(Cl)ccc1[N+](=O)[O-]. The standard InChI is InChI=1S/C13H18ClN3O2/c14-11-4-5-13(17(18)19)10(7-11)9-16-6-2-1-3-12(16)8-15/h4-5,7,12H,1-3,6,8-9,15H2. The number of nitro groups is 1. The molecule has 2 N–H and O–H groups in total. The first-order valence-electron chi connectivity index (χ1n) is 6.48. The van der Waals surface area contributed by atoms with Crippen molar-refractivity contribution in [3.63, 3.8) is 0 Å². The summed E-state index contributed by atoms with van der Waals surface area (Å²) in [6.45, 7) is 2.07. The normalized spacial score (nSPS) is 20.4. The lowest BCUT2D eigenvalue weighted by Crippen LogP contribution is -2.43. The first kappa shape index (κ1) is 14.2. The van der Waals surface area contributed by atoms with Crippen LogP contribution in [0.1, 0.15) is 24.8 Å². The molecule has 2 rings (SSSR count). The predicted molar refractivity (Wildman–Crippen MR) is 75.2 cm³/mol. The number of rotatable bonds is 4. The first-order chi connectivity index (χ1) is 9.11. The van der Waals surface area contributed by atoms with Crippen LogP contribution in [-0.2, 0) is 6.54 Å². The summed E-state index contributed by atoms with van der Waals surface area (Å²) >= 11 is 5.94. The molecule has 0 spiro atoms. The van der Waals surface area contributed by atoms with Gasteiger partial charge in [0.2, 0.25) is 0 Å². The third kappa shape index (κ3) is 3.43. The van der Waals surface area contributed by atoms with Gasteiger partial charge in [-0.05, 0) is 31.5 Å². The quantitative estimate of drug-likeness (QED) is 0.681. The molecule has 1 atom stereocenters. The van der Waals surface area contributed by atoms with Gasteiger partial charge < -0.3 is 5.73 Å². The van der Waals surface area contributed by atoms with Crippen molar-refractivity contribution in [2.24, 2.45) is 5.73 Å². The molecule has 1 fully saturated rings. The van der Waals surface area contributed by atoms with Crippen LogP contribution in [0, 0.1) is 10.1 Å². The topological polar surface area (TPSA) is 72.4 Å². The Morgan fingerprint density at radius 2 is 2.26 bits per heavy atom. The Morgan fingerprint density at radius 1 is 1.47 bits per heavy atom. The van der Waals surface area contributed by atoms with E-state index in [1.807, 2.05) is 0 Å². The van der Waals surface area contributed by atoms with Crippen molar-refractivity contribution in [2.45, 2.75) is 31.8 Å². The van der Waals surface area contributed by atoms with Gasteiger partial charge in [-0.2, -0.15) is 0 Å².